The van der Waals surface area contributed by atoms with E-state index in [-0.39, 0.29) is 35.1 Å². The minimum Gasteiger partial charge on any atom is -0.494 e. The lowest BCUT2D eigenvalue weighted by Crippen LogP contribution is -2.43. The number of aromatic nitrogens is 3. The van der Waals surface area contributed by atoms with Gasteiger partial charge in [0.2, 0.25) is 11.7 Å². The standard InChI is InChI=1S/C32H40F2N10O3/c1-4-19-16-20(7-8-21(19)30(45)42-18(2)11-13-39-31(46)23(35)6-5-12-40-32(36)37)43-28-29-41-17-24(44(29)15-14-38-28)22-9-10-25(47-3)27(34)26(22)33/h7-10,14-18,23H,4-6,11-13,35H2,1-3H3,(H,38,43)(H,39,46)(H,42,45)(H4,36,37,40)/t18-,23+/m1/s1. The Morgan fingerprint density at radius 3 is 2.60 bits per heavy atom. The van der Waals surface area contributed by atoms with E-state index in [4.69, 9.17) is 21.6 Å². The number of rotatable bonds is 15. The molecule has 0 radical (unpaired) electrons. The Bertz CT molecular complexity index is 1750. The van der Waals surface area contributed by atoms with Crippen LogP contribution in [0.15, 0.2) is 48.9 Å². The molecule has 0 aliphatic rings. The number of benzene rings is 2. The van der Waals surface area contributed by atoms with Crippen LogP contribution < -0.4 is 37.5 Å². The molecule has 4 rings (SSSR count). The van der Waals surface area contributed by atoms with Gasteiger partial charge >= 0.3 is 0 Å². The minimum absolute atomic E-state index is 0.0204. The number of amides is 2. The van der Waals surface area contributed by atoms with Gasteiger partial charge in [-0.1, -0.05) is 6.92 Å². The zero-order valence-corrected chi connectivity index (χ0v) is 26.5. The zero-order chi connectivity index (χ0) is 34.1. The fourth-order valence-electron chi connectivity index (χ4n) is 5.01. The Morgan fingerprint density at radius 1 is 1.09 bits per heavy atom. The van der Waals surface area contributed by atoms with E-state index >= 15 is 0 Å². The lowest BCUT2D eigenvalue weighted by atomic mass is 10.0. The highest BCUT2D eigenvalue weighted by molar-refractivity contribution is 5.96. The predicted octanol–water partition coefficient (Wildman–Crippen LogP) is 3.20. The zero-order valence-electron chi connectivity index (χ0n) is 26.5. The van der Waals surface area contributed by atoms with E-state index in [0.29, 0.717) is 67.2 Å². The number of carbonyl (C=O) groups excluding carboxylic acids is 2. The minimum atomic E-state index is -1.09. The van der Waals surface area contributed by atoms with E-state index in [9.17, 15) is 18.4 Å². The number of ether oxygens (including phenoxy) is 1. The largest absolute Gasteiger partial charge is 0.494 e. The second-order valence-corrected chi connectivity index (χ2v) is 11.0. The first-order chi connectivity index (χ1) is 22.5. The summed E-state index contributed by atoms with van der Waals surface area (Å²) in [5, 5.41) is 18.8. The first-order valence-electron chi connectivity index (χ1n) is 15.2. The molecule has 47 heavy (non-hydrogen) atoms. The number of anilines is 2. The maximum Gasteiger partial charge on any atom is 0.251 e. The highest BCUT2D eigenvalue weighted by Crippen LogP contribution is 2.31. The maximum atomic E-state index is 14.9. The van der Waals surface area contributed by atoms with Crippen LogP contribution in [0.3, 0.4) is 0 Å². The predicted molar refractivity (Wildman–Crippen MR) is 176 cm³/mol. The molecule has 2 atom stereocenters. The van der Waals surface area contributed by atoms with Gasteiger partial charge in [0.05, 0.1) is 25.0 Å². The molecule has 9 N–H and O–H groups in total. The molecule has 0 aliphatic heterocycles. The number of hydrogen-bond donors (Lipinski definition) is 7. The number of guanidine groups is 1. The monoisotopic (exact) mass is 650 g/mol. The van der Waals surface area contributed by atoms with Gasteiger partial charge in [0, 0.05) is 48.3 Å². The molecule has 0 bridgehead atoms. The third-order valence-electron chi connectivity index (χ3n) is 7.56. The topological polar surface area (TPSA) is 198 Å². The molecule has 2 heterocycles. The Labute approximate surface area is 271 Å². The lowest BCUT2D eigenvalue weighted by molar-refractivity contribution is -0.122. The molecule has 4 aromatic rings. The average molecular weight is 651 g/mol. The van der Waals surface area contributed by atoms with E-state index < -0.39 is 17.7 Å². The summed E-state index contributed by atoms with van der Waals surface area (Å²) < 4.78 is 35.7. The van der Waals surface area contributed by atoms with Gasteiger partial charge in [-0.2, -0.15) is 4.39 Å². The highest BCUT2D eigenvalue weighted by atomic mass is 19.2. The number of carbonyl (C=O) groups is 2. The van der Waals surface area contributed by atoms with Crippen LogP contribution >= 0.6 is 0 Å². The van der Waals surface area contributed by atoms with Crippen molar-refractivity contribution < 1.29 is 23.1 Å². The van der Waals surface area contributed by atoms with Gasteiger partial charge in [-0.05, 0) is 68.5 Å². The lowest BCUT2D eigenvalue weighted by Gasteiger charge is -2.18. The molecule has 0 spiro atoms. The van der Waals surface area contributed by atoms with E-state index in [1.54, 1.807) is 22.7 Å². The Kier molecular flexibility index (Phi) is 11.6. The van der Waals surface area contributed by atoms with Crippen molar-refractivity contribution >= 4 is 34.9 Å². The second-order valence-electron chi connectivity index (χ2n) is 11.0. The van der Waals surface area contributed by atoms with Crippen molar-refractivity contribution in [2.75, 3.05) is 25.5 Å². The molecule has 2 aromatic carbocycles. The molecule has 2 aromatic heterocycles. The van der Waals surface area contributed by atoms with Crippen LogP contribution in [-0.4, -0.2) is 64.4 Å². The van der Waals surface area contributed by atoms with Crippen molar-refractivity contribution in [3.63, 3.8) is 0 Å². The van der Waals surface area contributed by atoms with E-state index in [1.807, 2.05) is 19.9 Å². The summed E-state index contributed by atoms with van der Waals surface area (Å²) in [5.74, 6) is -2.59. The quantitative estimate of drug-likeness (QED) is 0.0574. The van der Waals surface area contributed by atoms with Crippen molar-refractivity contribution in [3.05, 3.63) is 71.7 Å². The molecule has 0 aliphatic carbocycles. The average Bonchev–Trinajstić information content (AvgIpc) is 3.48. The van der Waals surface area contributed by atoms with E-state index in [2.05, 4.69) is 31.2 Å². The highest BCUT2D eigenvalue weighted by Gasteiger charge is 2.20. The van der Waals surface area contributed by atoms with Crippen LogP contribution in [0.1, 0.15) is 49.0 Å². The van der Waals surface area contributed by atoms with Crippen LogP contribution in [0.4, 0.5) is 20.3 Å². The third kappa shape index (κ3) is 8.49. The first-order valence-corrected chi connectivity index (χ1v) is 15.2. The number of nitrogens with two attached hydrogens (primary N) is 2. The Morgan fingerprint density at radius 2 is 1.87 bits per heavy atom. The molecule has 0 fully saturated rings. The number of nitrogens with zero attached hydrogens (tertiary/aromatic N) is 3. The summed E-state index contributed by atoms with van der Waals surface area (Å²) in [6.07, 6.45) is 6.69. The number of nitrogens with one attached hydrogen (secondary N) is 5. The van der Waals surface area contributed by atoms with Crippen LogP contribution in [-0.2, 0) is 11.2 Å². The molecule has 250 valence electrons. The molecule has 0 unspecified atom stereocenters. The fourth-order valence-corrected chi connectivity index (χ4v) is 5.01. The number of fused-ring (bicyclic) bond motifs is 1. The first kappa shape index (κ1) is 34.6. The summed E-state index contributed by atoms with van der Waals surface area (Å²) in [7, 11) is 1.27. The molecule has 13 nitrogen and oxygen atoms in total. The van der Waals surface area contributed by atoms with Crippen LogP contribution in [0.2, 0.25) is 0 Å². The van der Waals surface area contributed by atoms with Crippen LogP contribution in [0.5, 0.6) is 5.75 Å². The molecule has 15 heteroatoms. The summed E-state index contributed by atoms with van der Waals surface area (Å²) in [5.41, 5.74) is 13.9. The summed E-state index contributed by atoms with van der Waals surface area (Å²) in [6, 6.07) is 7.21. The van der Waals surface area contributed by atoms with Crippen LogP contribution in [0.25, 0.3) is 16.9 Å². The van der Waals surface area contributed by atoms with Gasteiger partial charge in [0.25, 0.3) is 5.91 Å². The van der Waals surface area contributed by atoms with E-state index in [0.717, 1.165) is 5.56 Å². The maximum absolute atomic E-state index is 14.9. The van der Waals surface area contributed by atoms with Crippen molar-refractivity contribution in [2.24, 2.45) is 11.5 Å². The molecule has 0 saturated heterocycles. The number of methoxy groups -OCH3 is 1. The molecule has 2 amide bonds. The number of hydrogen-bond acceptors (Lipinski definition) is 8. The summed E-state index contributed by atoms with van der Waals surface area (Å²) in [4.78, 5) is 34.2. The number of halogens is 2. The van der Waals surface area contributed by atoms with Gasteiger partial charge < -0.3 is 37.5 Å². The SMILES string of the molecule is CCc1cc(Nc2nccn3c(-c4ccc(OC)c(F)c4F)cnc23)ccc1C(=O)N[C@H](C)CCNC(=O)[C@@H](N)CCCNC(=N)N. The van der Waals surface area contributed by atoms with Crippen molar-refractivity contribution in [2.45, 2.75) is 51.6 Å². The second kappa shape index (κ2) is 15.8. The van der Waals surface area contributed by atoms with Gasteiger partial charge in [0.1, 0.15) is 0 Å². The number of imidazole rings is 1. The normalized spacial score (nSPS) is 12.3. The smallest absolute Gasteiger partial charge is 0.251 e. The van der Waals surface area contributed by atoms with Gasteiger partial charge in [0.15, 0.2) is 29.0 Å². The van der Waals surface area contributed by atoms with Crippen LogP contribution in [0, 0.1) is 17.0 Å². The van der Waals surface area contributed by atoms with Gasteiger partial charge in [-0.15, -0.1) is 0 Å². The molecular formula is C32H40F2N10O3. The molecular weight excluding hydrogens is 610 g/mol. The molecule has 0 saturated carbocycles. The van der Waals surface area contributed by atoms with Crippen molar-refractivity contribution in [1.29, 1.82) is 5.41 Å². The summed E-state index contributed by atoms with van der Waals surface area (Å²) >= 11 is 0. The van der Waals surface area contributed by atoms with Gasteiger partial charge in [-0.25, -0.2) is 14.4 Å². The summed E-state index contributed by atoms with van der Waals surface area (Å²) in [6.45, 7) is 4.61. The Hall–Kier alpha value is -5.31. The fraction of sp³-hybridized carbons (Fsp3) is 0.344. The van der Waals surface area contributed by atoms with Crippen molar-refractivity contribution in [3.8, 4) is 17.0 Å². The Balaban J connectivity index is 1.37. The van der Waals surface area contributed by atoms with Crippen molar-refractivity contribution in [1.82, 2.24) is 30.3 Å². The third-order valence-corrected chi connectivity index (χ3v) is 7.56. The number of aryl methyl sites for hydroxylation is 1. The van der Waals surface area contributed by atoms with E-state index in [1.165, 1.54) is 31.6 Å². The van der Waals surface area contributed by atoms with Gasteiger partial charge in [-0.3, -0.25) is 19.4 Å².